The van der Waals surface area contributed by atoms with Crippen LogP contribution in [0.4, 0.5) is 5.69 Å². The molecule has 1 amide bonds. The smallest absolute Gasteiger partial charge is 0.224 e. The van der Waals surface area contributed by atoms with Crippen molar-refractivity contribution in [1.29, 1.82) is 0 Å². The second-order valence-corrected chi connectivity index (χ2v) is 8.39. The van der Waals surface area contributed by atoms with Gasteiger partial charge in [0.15, 0.2) is 0 Å². The number of carbonyl (C=O) groups is 1. The molecule has 1 N–H and O–H groups in total. The third-order valence-electron chi connectivity index (χ3n) is 3.61. The van der Waals surface area contributed by atoms with Crippen molar-refractivity contribution < 1.29 is 4.79 Å². The van der Waals surface area contributed by atoms with E-state index in [1.165, 1.54) is 0 Å². The Kier molecular flexibility index (Phi) is 5.60. The highest BCUT2D eigenvalue weighted by atomic mass is 32.1. The fourth-order valence-electron chi connectivity index (χ4n) is 2.48. The SMILES string of the molecule is Cc1nc(Cc2nc(-c3ccc(NC(=O)CC(C)C)cc3)cs2)cs1. The Bertz CT molecular complexity index is 850. The number of thiazole rings is 2. The van der Waals surface area contributed by atoms with Gasteiger partial charge in [-0.2, -0.15) is 0 Å². The molecule has 0 aliphatic rings. The first-order chi connectivity index (χ1) is 12.0. The zero-order valence-corrected chi connectivity index (χ0v) is 16.2. The lowest BCUT2D eigenvalue weighted by Crippen LogP contribution is -2.13. The summed E-state index contributed by atoms with van der Waals surface area (Å²) >= 11 is 3.32. The van der Waals surface area contributed by atoms with E-state index in [4.69, 9.17) is 4.98 Å². The van der Waals surface area contributed by atoms with Gasteiger partial charge in [0.2, 0.25) is 5.91 Å². The molecule has 130 valence electrons. The van der Waals surface area contributed by atoms with E-state index in [0.29, 0.717) is 12.3 Å². The predicted molar refractivity (Wildman–Crippen MR) is 105 cm³/mol. The molecule has 1 aromatic carbocycles. The molecular formula is C19H21N3OS2. The highest BCUT2D eigenvalue weighted by Crippen LogP contribution is 2.25. The molecule has 0 aliphatic carbocycles. The van der Waals surface area contributed by atoms with E-state index < -0.39 is 0 Å². The molecule has 0 spiro atoms. The van der Waals surface area contributed by atoms with Gasteiger partial charge in [0, 0.05) is 34.9 Å². The molecule has 0 saturated carbocycles. The van der Waals surface area contributed by atoms with E-state index in [-0.39, 0.29) is 5.91 Å². The number of nitrogens with zero attached hydrogens (tertiary/aromatic N) is 2. The number of hydrogen-bond donors (Lipinski definition) is 1. The Balaban J connectivity index is 1.65. The summed E-state index contributed by atoms with van der Waals surface area (Å²) in [6, 6.07) is 7.85. The molecule has 25 heavy (non-hydrogen) atoms. The van der Waals surface area contributed by atoms with Crippen molar-refractivity contribution in [3.8, 4) is 11.3 Å². The summed E-state index contributed by atoms with van der Waals surface area (Å²) in [6.07, 6.45) is 1.31. The second-order valence-electron chi connectivity index (χ2n) is 6.38. The second kappa shape index (κ2) is 7.89. The van der Waals surface area contributed by atoms with Crippen LogP contribution in [0, 0.1) is 12.8 Å². The Morgan fingerprint density at radius 3 is 2.52 bits per heavy atom. The van der Waals surface area contributed by atoms with Gasteiger partial charge in [0.1, 0.15) is 0 Å². The lowest BCUT2D eigenvalue weighted by Gasteiger charge is -2.07. The summed E-state index contributed by atoms with van der Waals surface area (Å²) in [5, 5.41) is 9.24. The van der Waals surface area contributed by atoms with Crippen molar-refractivity contribution in [2.45, 2.75) is 33.6 Å². The van der Waals surface area contributed by atoms with Gasteiger partial charge in [-0.3, -0.25) is 4.79 Å². The fourth-order valence-corrected chi connectivity index (χ4v) is 3.91. The first kappa shape index (κ1) is 17.8. The van der Waals surface area contributed by atoms with Crippen LogP contribution in [0.3, 0.4) is 0 Å². The number of nitrogens with one attached hydrogen (secondary N) is 1. The molecule has 0 aliphatic heterocycles. The molecule has 2 aromatic heterocycles. The normalized spacial score (nSPS) is 11.0. The largest absolute Gasteiger partial charge is 0.326 e. The monoisotopic (exact) mass is 371 g/mol. The molecule has 0 bridgehead atoms. The minimum atomic E-state index is 0.0530. The summed E-state index contributed by atoms with van der Waals surface area (Å²) in [5.41, 5.74) is 3.92. The van der Waals surface area contributed by atoms with E-state index in [0.717, 1.165) is 39.1 Å². The summed E-state index contributed by atoms with van der Waals surface area (Å²) in [5.74, 6) is 0.409. The van der Waals surface area contributed by atoms with E-state index in [1.54, 1.807) is 22.7 Å². The van der Waals surface area contributed by atoms with Crippen molar-refractivity contribution in [2.75, 3.05) is 5.32 Å². The van der Waals surface area contributed by atoms with E-state index in [9.17, 15) is 4.79 Å². The fraction of sp³-hybridized carbons (Fsp3) is 0.316. The van der Waals surface area contributed by atoms with Gasteiger partial charge in [-0.05, 0) is 25.0 Å². The topological polar surface area (TPSA) is 54.9 Å². The maximum Gasteiger partial charge on any atom is 0.224 e. The van der Waals surface area contributed by atoms with Gasteiger partial charge in [-0.1, -0.05) is 26.0 Å². The molecule has 6 heteroatoms. The van der Waals surface area contributed by atoms with Crippen molar-refractivity contribution in [3.05, 3.63) is 50.7 Å². The predicted octanol–water partition coefficient (Wildman–Crippen LogP) is 5.15. The Morgan fingerprint density at radius 1 is 1.12 bits per heavy atom. The number of hydrogen-bond acceptors (Lipinski definition) is 5. The van der Waals surface area contributed by atoms with E-state index in [2.05, 4.69) is 21.1 Å². The van der Waals surface area contributed by atoms with Crippen LogP contribution in [-0.2, 0) is 11.2 Å². The Morgan fingerprint density at radius 2 is 1.88 bits per heavy atom. The minimum Gasteiger partial charge on any atom is -0.326 e. The van der Waals surface area contributed by atoms with Gasteiger partial charge < -0.3 is 5.32 Å². The van der Waals surface area contributed by atoms with Crippen molar-refractivity contribution in [3.63, 3.8) is 0 Å². The number of aromatic nitrogens is 2. The van der Waals surface area contributed by atoms with Crippen LogP contribution in [0.1, 0.15) is 36.0 Å². The van der Waals surface area contributed by atoms with Crippen molar-refractivity contribution in [1.82, 2.24) is 9.97 Å². The van der Waals surface area contributed by atoms with Crippen LogP contribution in [0.5, 0.6) is 0 Å². The van der Waals surface area contributed by atoms with Crippen LogP contribution in [0.15, 0.2) is 35.0 Å². The average molecular weight is 372 g/mol. The van der Waals surface area contributed by atoms with Crippen LogP contribution < -0.4 is 5.32 Å². The van der Waals surface area contributed by atoms with Gasteiger partial charge in [0.25, 0.3) is 0 Å². The Hall–Kier alpha value is -2.05. The van der Waals surface area contributed by atoms with Crippen LogP contribution in [0.2, 0.25) is 0 Å². The molecule has 3 aromatic rings. The first-order valence-electron chi connectivity index (χ1n) is 8.25. The van der Waals surface area contributed by atoms with Gasteiger partial charge >= 0.3 is 0 Å². The molecule has 0 fully saturated rings. The highest BCUT2D eigenvalue weighted by molar-refractivity contribution is 7.10. The zero-order chi connectivity index (χ0) is 17.8. The summed E-state index contributed by atoms with van der Waals surface area (Å²) in [4.78, 5) is 21.0. The van der Waals surface area contributed by atoms with Crippen LogP contribution in [0.25, 0.3) is 11.3 Å². The summed E-state index contributed by atoms with van der Waals surface area (Å²) in [7, 11) is 0. The van der Waals surface area contributed by atoms with Crippen molar-refractivity contribution in [2.24, 2.45) is 5.92 Å². The standard InChI is InChI=1S/C19H21N3OS2/c1-12(2)8-18(23)21-15-6-4-14(5-7-15)17-11-25-19(22-17)9-16-10-24-13(3)20-16/h4-7,10-12H,8-9H2,1-3H3,(H,21,23). The molecule has 0 atom stereocenters. The maximum absolute atomic E-state index is 11.8. The first-order valence-corrected chi connectivity index (χ1v) is 10.0. The molecule has 0 unspecified atom stereocenters. The number of rotatable bonds is 6. The van der Waals surface area contributed by atoms with E-state index in [1.807, 2.05) is 45.0 Å². The quantitative estimate of drug-likeness (QED) is 0.652. The molecule has 0 saturated heterocycles. The molecule has 0 radical (unpaired) electrons. The highest BCUT2D eigenvalue weighted by Gasteiger charge is 2.09. The van der Waals surface area contributed by atoms with Gasteiger partial charge in [-0.15, -0.1) is 22.7 Å². The molecule has 2 heterocycles. The molecule has 4 nitrogen and oxygen atoms in total. The average Bonchev–Trinajstić information content (AvgIpc) is 3.17. The summed E-state index contributed by atoms with van der Waals surface area (Å²) in [6.45, 7) is 6.09. The van der Waals surface area contributed by atoms with Gasteiger partial charge in [0.05, 0.1) is 21.4 Å². The third kappa shape index (κ3) is 4.96. The lowest BCUT2D eigenvalue weighted by molar-refractivity contribution is -0.116. The molecule has 3 rings (SSSR count). The lowest BCUT2D eigenvalue weighted by atomic mass is 10.1. The van der Waals surface area contributed by atoms with E-state index >= 15 is 0 Å². The Labute approximate surface area is 156 Å². The van der Waals surface area contributed by atoms with Crippen LogP contribution >= 0.6 is 22.7 Å². The van der Waals surface area contributed by atoms with Crippen LogP contribution in [-0.4, -0.2) is 15.9 Å². The molecular weight excluding hydrogens is 350 g/mol. The number of benzene rings is 1. The minimum absolute atomic E-state index is 0.0530. The van der Waals surface area contributed by atoms with Gasteiger partial charge in [-0.25, -0.2) is 9.97 Å². The maximum atomic E-state index is 11.8. The summed E-state index contributed by atoms with van der Waals surface area (Å²) < 4.78 is 0. The van der Waals surface area contributed by atoms with Crippen molar-refractivity contribution >= 4 is 34.3 Å². The number of carbonyl (C=O) groups excluding carboxylic acids is 1. The number of amides is 1. The number of aryl methyl sites for hydroxylation is 1. The number of anilines is 1. The zero-order valence-electron chi connectivity index (χ0n) is 14.6. The third-order valence-corrected chi connectivity index (χ3v) is 5.28.